The van der Waals surface area contributed by atoms with Crippen molar-refractivity contribution in [2.24, 2.45) is 0 Å². The molecule has 1 heterocycles. The molecule has 0 radical (unpaired) electrons. The summed E-state index contributed by atoms with van der Waals surface area (Å²) >= 11 is 0. The summed E-state index contributed by atoms with van der Waals surface area (Å²) in [5.41, 5.74) is 2.40. The first-order valence-electron chi connectivity index (χ1n) is 7.38. The molecule has 0 spiro atoms. The third-order valence-corrected chi connectivity index (χ3v) is 3.91. The first kappa shape index (κ1) is 14.9. The maximum Gasteiger partial charge on any atom is 0.320 e. The Kier molecular flexibility index (Phi) is 5.01. The van der Waals surface area contributed by atoms with Crippen LogP contribution in [0.25, 0.3) is 0 Å². The minimum absolute atomic E-state index is 0.00976. The van der Waals surface area contributed by atoms with E-state index in [2.05, 4.69) is 19.1 Å². The molecule has 0 aliphatic carbocycles. The van der Waals surface area contributed by atoms with Gasteiger partial charge in [-0.15, -0.1) is 0 Å². The Morgan fingerprint density at radius 3 is 2.70 bits per heavy atom. The molecule has 4 heteroatoms. The first-order valence-corrected chi connectivity index (χ1v) is 7.38. The Bertz CT molecular complexity index is 458. The number of rotatable bonds is 3. The smallest absolute Gasteiger partial charge is 0.320 e. The lowest BCUT2D eigenvalue weighted by Gasteiger charge is -2.36. The van der Waals surface area contributed by atoms with Crippen LogP contribution < -0.4 is 0 Å². The monoisotopic (exact) mass is 276 g/mol. The van der Waals surface area contributed by atoms with Crippen molar-refractivity contribution in [3.63, 3.8) is 0 Å². The normalized spacial score (nSPS) is 18.9. The lowest BCUT2D eigenvalue weighted by atomic mass is 10.0. The zero-order valence-corrected chi connectivity index (χ0v) is 12.6. The van der Waals surface area contributed by atoms with Crippen molar-refractivity contribution in [3.05, 3.63) is 35.4 Å². The highest BCUT2D eigenvalue weighted by atomic mass is 16.5. The number of hydrogen-bond acceptors (Lipinski definition) is 2. The van der Waals surface area contributed by atoms with Crippen LogP contribution in [0.1, 0.15) is 31.1 Å². The summed E-state index contributed by atoms with van der Waals surface area (Å²) in [6.07, 6.45) is -0.00976. The summed E-state index contributed by atoms with van der Waals surface area (Å²) in [6, 6.07) is 8.35. The number of carbonyl (C=O) groups is 1. The van der Waals surface area contributed by atoms with Crippen LogP contribution in [-0.4, -0.2) is 48.6 Å². The molecular formula is C16H24N2O2. The second-order valence-corrected chi connectivity index (χ2v) is 5.12. The Morgan fingerprint density at radius 1 is 1.35 bits per heavy atom. The molecule has 1 aliphatic heterocycles. The highest BCUT2D eigenvalue weighted by Crippen LogP contribution is 2.25. The molecule has 0 bridgehead atoms. The highest BCUT2D eigenvalue weighted by molar-refractivity contribution is 5.74. The molecule has 0 N–H and O–H groups in total. The fourth-order valence-corrected chi connectivity index (χ4v) is 2.65. The number of aryl methyl sites for hydroxylation is 1. The third kappa shape index (κ3) is 3.12. The number of urea groups is 1. The summed E-state index contributed by atoms with van der Waals surface area (Å²) < 4.78 is 5.86. The van der Waals surface area contributed by atoms with Crippen LogP contribution in [0.4, 0.5) is 4.79 Å². The Hall–Kier alpha value is -1.55. The lowest BCUT2D eigenvalue weighted by Crippen LogP contribution is -2.48. The number of morpholine rings is 1. The highest BCUT2D eigenvalue weighted by Gasteiger charge is 2.28. The Morgan fingerprint density at radius 2 is 2.05 bits per heavy atom. The second-order valence-electron chi connectivity index (χ2n) is 5.12. The molecule has 2 rings (SSSR count). The van der Waals surface area contributed by atoms with E-state index in [4.69, 9.17) is 4.74 Å². The van der Waals surface area contributed by atoms with Crippen LogP contribution in [-0.2, 0) is 4.74 Å². The molecule has 1 saturated heterocycles. The average molecular weight is 276 g/mol. The van der Waals surface area contributed by atoms with E-state index in [1.54, 1.807) is 0 Å². The fraction of sp³-hybridized carbons (Fsp3) is 0.562. The van der Waals surface area contributed by atoms with E-state index < -0.39 is 0 Å². The van der Waals surface area contributed by atoms with E-state index in [-0.39, 0.29) is 12.1 Å². The van der Waals surface area contributed by atoms with Crippen molar-refractivity contribution in [3.8, 4) is 0 Å². The summed E-state index contributed by atoms with van der Waals surface area (Å²) in [4.78, 5) is 16.2. The number of hydrogen-bond donors (Lipinski definition) is 0. The van der Waals surface area contributed by atoms with Gasteiger partial charge in [0.1, 0.15) is 6.10 Å². The van der Waals surface area contributed by atoms with Gasteiger partial charge in [-0.1, -0.05) is 24.3 Å². The lowest BCUT2D eigenvalue weighted by molar-refractivity contribution is -0.0205. The van der Waals surface area contributed by atoms with Crippen LogP contribution in [0.2, 0.25) is 0 Å². The standard InChI is InChI=1S/C16H24N2O2/c1-4-17(5-2)16(19)18-10-11-20-15(12-18)14-9-7-6-8-13(14)3/h6-9,15H,4-5,10-12H2,1-3H3. The zero-order chi connectivity index (χ0) is 14.5. The SMILES string of the molecule is CCN(CC)C(=O)N1CCOC(c2ccccc2C)C1. The quantitative estimate of drug-likeness (QED) is 0.850. The topological polar surface area (TPSA) is 32.8 Å². The van der Waals surface area contributed by atoms with E-state index in [0.717, 1.165) is 13.1 Å². The molecule has 0 saturated carbocycles. The van der Waals surface area contributed by atoms with E-state index in [0.29, 0.717) is 19.7 Å². The molecule has 1 aliphatic rings. The van der Waals surface area contributed by atoms with Crippen LogP contribution in [0.15, 0.2) is 24.3 Å². The first-order chi connectivity index (χ1) is 9.67. The van der Waals surface area contributed by atoms with Gasteiger partial charge >= 0.3 is 6.03 Å². The molecule has 1 fully saturated rings. The predicted octanol–water partition coefficient (Wildman–Crippen LogP) is 2.83. The molecular weight excluding hydrogens is 252 g/mol. The van der Waals surface area contributed by atoms with Crippen LogP contribution in [0.3, 0.4) is 0 Å². The summed E-state index contributed by atoms with van der Waals surface area (Å²) in [5.74, 6) is 0. The van der Waals surface area contributed by atoms with E-state index in [9.17, 15) is 4.79 Å². The Labute approximate surface area is 121 Å². The van der Waals surface area contributed by atoms with Gasteiger partial charge in [0.2, 0.25) is 0 Å². The van der Waals surface area contributed by atoms with Gasteiger partial charge < -0.3 is 14.5 Å². The van der Waals surface area contributed by atoms with Gasteiger partial charge in [0, 0.05) is 19.6 Å². The molecule has 1 atom stereocenters. The molecule has 0 aromatic heterocycles. The zero-order valence-electron chi connectivity index (χ0n) is 12.6. The van der Waals surface area contributed by atoms with Gasteiger partial charge in [-0.3, -0.25) is 0 Å². The van der Waals surface area contributed by atoms with Crippen molar-refractivity contribution in [1.82, 2.24) is 9.80 Å². The van der Waals surface area contributed by atoms with Crippen LogP contribution in [0, 0.1) is 6.92 Å². The van der Waals surface area contributed by atoms with Crippen molar-refractivity contribution < 1.29 is 9.53 Å². The van der Waals surface area contributed by atoms with Gasteiger partial charge in [0.15, 0.2) is 0 Å². The molecule has 20 heavy (non-hydrogen) atoms. The average Bonchev–Trinajstić information content (AvgIpc) is 2.49. The van der Waals surface area contributed by atoms with Crippen LogP contribution >= 0.6 is 0 Å². The number of benzene rings is 1. The van der Waals surface area contributed by atoms with Crippen molar-refractivity contribution in [1.29, 1.82) is 0 Å². The Balaban J connectivity index is 2.09. The number of nitrogens with zero attached hydrogens (tertiary/aromatic N) is 2. The van der Waals surface area contributed by atoms with E-state index in [1.165, 1.54) is 11.1 Å². The van der Waals surface area contributed by atoms with Gasteiger partial charge in [-0.05, 0) is 31.9 Å². The van der Waals surface area contributed by atoms with E-state index >= 15 is 0 Å². The van der Waals surface area contributed by atoms with E-state index in [1.807, 2.05) is 35.8 Å². The van der Waals surface area contributed by atoms with Gasteiger partial charge in [0.05, 0.1) is 13.2 Å². The summed E-state index contributed by atoms with van der Waals surface area (Å²) in [5, 5.41) is 0. The molecule has 4 nitrogen and oxygen atoms in total. The van der Waals surface area contributed by atoms with Crippen molar-refractivity contribution in [2.75, 3.05) is 32.8 Å². The molecule has 2 amide bonds. The molecule has 1 unspecified atom stereocenters. The van der Waals surface area contributed by atoms with Gasteiger partial charge in [-0.25, -0.2) is 4.79 Å². The van der Waals surface area contributed by atoms with Crippen molar-refractivity contribution in [2.45, 2.75) is 26.9 Å². The predicted molar refractivity (Wildman–Crippen MR) is 79.8 cm³/mol. The number of ether oxygens (including phenoxy) is 1. The van der Waals surface area contributed by atoms with Gasteiger partial charge in [-0.2, -0.15) is 0 Å². The van der Waals surface area contributed by atoms with Crippen molar-refractivity contribution >= 4 is 6.03 Å². The molecule has 110 valence electrons. The third-order valence-electron chi connectivity index (χ3n) is 3.91. The summed E-state index contributed by atoms with van der Waals surface area (Å²) in [7, 11) is 0. The fourth-order valence-electron chi connectivity index (χ4n) is 2.65. The minimum Gasteiger partial charge on any atom is -0.370 e. The summed E-state index contributed by atoms with van der Waals surface area (Å²) in [6.45, 7) is 9.54. The van der Waals surface area contributed by atoms with Crippen LogP contribution in [0.5, 0.6) is 0 Å². The van der Waals surface area contributed by atoms with Gasteiger partial charge in [0.25, 0.3) is 0 Å². The minimum atomic E-state index is -0.00976. The number of amides is 2. The number of carbonyl (C=O) groups excluding carboxylic acids is 1. The molecule has 1 aromatic carbocycles. The molecule has 1 aromatic rings. The maximum absolute atomic E-state index is 12.4. The largest absolute Gasteiger partial charge is 0.370 e. The second kappa shape index (κ2) is 6.75. The maximum atomic E-state index is 12.4.